The Morgan fingerprint density at radius 2 is 1.57 bits per heavy atom. The van der Waals surface area contributed by atoms with Crippen LogP contribution in [0.1, 0.15) is 58.8 Å². The van der Waals surface area contributed by atoms with Gasteiger partial charge in [0.2, 0.25) is 0 Å². The fraction of sp³-hybridized carbons (Fsp3) is 0.435. The smallest absolute Gasteiger partial charge is 0.252 e. The van der Waals surface area contributed by atoms with E-state index >= 15 is 0 Å². The minimum atomic E-state index is -0.631. The molecule has 3 nitrogen and oxygen atoms in total. The number of hydrogen-bond acceptors (Lipinski definition) is 2. The van der Waals surface area contributed by atoms with Gasteiger partial charge in [0.1, 0.15) is 11.6 Å². The van der Waals surface area contributed by atoms with Gasteiger partial charge in [0.15, 0.2) is 0 Å². The first-order valence-electron chi connectivity index (χ1n) is 9.75. The lowest BCUT2D eigenvalue weighted by molar-refractivity contribution is 0.0764. The summed E-state index contributed by atoms with van der Waals surface area (Å²) in [6.07, 6.45) is 3.75. The van der Waals surface area contributed by atoms with Crippen LogP contribution in [0, 0.1) is 25.5 Å². The van der Waals surface area contributed by atoms with E-state index in [1.807, 2.05) is 46.1 Å². The van der Waals surface area contributed by atoms with Gasteiger partial charge in [0.25, 0.3) is 5.91 Å². The van der Waals surface area contributed by atoms with Crippen LogP contribution < -0.4 is 5.32 Å². The monoisotopic (exact) mass is 386 g/mol. The molecule has 0 heterocycles. The van der Waals surface area contributed by atoms with Crippen LogP contribution in [0.25, 0.3) is 0 Å². The third-order valence-electron chi connectivity index (χ3n) is 6.10. The third-order valence-corrected chi connectivity index (χ3v) is 6.10. The molecule has 1 aliphatic carbocycles. The van der Waals surface area contributed by atoms with Gasteiger partial charge in [-0.3, -0.25) is 4.79 Å². The second-order valence-corrected chi connectivity index (χ2v) is 8.08. The molecule has 1 N–H and O–H groups in total. The highest BCUT2D eigenvalue weighted by Gasteiger charge is 2.45. The highest BCUT2D eigenvalue weighted by Crippen LogP contribution is 2.44. The van der Waals surface area contributed by atoms with Crippen molar-refractivity contribution in [3.8, 4) is 0 Å². The summed E-state index contributed by atoms with van der Waals surface area (Å²) in [5.41, 5.74) is 2.47. The fourth-order valence-electron chi connectivity index (χ4n) is 4.63. The van der Waals surface area contributed by atoms with Crippen LogP contribution >= 0.6 is 0 Å². The summed E-state index contributed by atoms with van der Waals surface area (Å²) in [5.74, 6) is -1.47. The Kier molecular flexibility index (Phi) is 5.84. The molecule has 0 radical (unpaired) electrons. The van der Waals surface area contributed by atoms with Gasteiger partial charge in [-0.25, -0.2) is 8.78 Å². The quantitative estimate of drug-likeness (QED) is 0.790. The number of nitrogens with one attached hydrogen (secondary N) is 1. The van der Waals surface area contributed by atoms with E-state index in [0.29, 0.717) is 11.1 Å². The zero-order valence-electron chi connectivity index (χ0n) is 17.0. The number of hydrogen-bond donors (Lipinski definition) is 1. The van der Waals surface area contributed by atoms with E-state index in [1.54, 1.807) is 0 Å². The summed E-state index contributed by atoms with van der Waals surface area (Å²) in [4.78, 5) is 15.3. The predicted octanol–water partition coefficient (Wildman–Crippen LogP) is 4.93. The summed E-state index contributed by atoms with van der Waals surface area (Å²) in [6, 6.07) is 8.74. The molecule has 1 unspecified atom stereocenters. The Morgan fingerprint density at radius 1 is 1.04 bits per heavy atom. The van der Waals surface area contributed by atoms with Crippen LogP contribution in [0.5, 0.6) is 0 Å². The molecule has 0 aromatic heterocycles. The minimum Gasteiger partial charge on any atom is -0.343 e. The van der Waals surface area contributed by atoms with Gasteiger partial charge in [0, 0.05) is 17.2 Å². The van der Waals surface area contributed by atoms with Crippen LogP contribution in [0.3, 0.4) is 0 Å². The van der Waals surface area contributed by atoms with Gasteiger partial charge in [-0.15, -0.1) is 0 Å². The molecule has 28 heavy (non-hydrogen) atoms. The van der Waals surface area contributed by atoms with E-state index in [1.165, 1.54) is 12.1 Å². The van der Waals surface area contributed by atoms with Gasteiger partial charge in [0.05, 0.1) is 6.04 Å². The minimum absolute atomic E-state index is 0.210. The van der Waals surface area contributed by atoms with Crippen LogP contribution in [0.2, 0.25) is 0 Å². The number of likely N-dealkylation sites (N-methyl/N-ethyl adjacent to an activating group) is 1. The maximum Gasteiger partial charge on any atom is 0.252 e. The lowest BCUT2D eigenvalue weighted by Gasteiger charge is -2.44. The molecule has 1 atom stereocenters. The number of aryl methyl sites for hydroxylation is 2. The van der Waals surface area contributed by atoms with E-state index < -0.39 is 17.7 Å². The SMILES string of the molecule is Cc1cccc(C)c1C(=O)NC(c1cc(F)cc(F)c1)C1(N(C)C)CCCC1. The number of carbonyl (C=O) groups excluding carboxylic acids is 1. The molecule has 1 saturated carbocycles. The highest BCUT2D eigenvalue weighted by molar-refractivity contribution is 5.97. The van der Waals surface area contributed by atoms with Gasteiger partial charge in [-0.2, -0.15) is 0 Å². The molecule has 0 aliphatic heterocycles. The van der Waals surface area contributed by atoms with E-state index in [2.05, 4.69) is 10.2 Å². The Labute approximate surface area is 165 Å². The number of amides is 1. The highest BCUT2D eigenvalue weighted by atomic mass is 19.1. The zero-order valence-corrected chi connectivity index (χ0v) is 17.0. The lowest BCUT2D eigenvalue weighted by atomic mass is 9.82. The van der Waals surface area contributed by atoms with Crippen molar-refractivity contribution in [3.63, 3.8) is 0 Å². The van der Waals surface area contributed by atoms with Gasteiger partial charge < -0.3 is 10.2 Å². The summed E-state index contributed by atoms with van der Waals surface area (Å²) in [5, 5.41) is 3.14. The first-order chi connectivity index (χ1) is 13.2. The summed E-state index contributed by atoms with van der Waals surface area (Å²) in [7, 11) is 3.94. The molecule has 1 aliphatic rings. The van der Waals surface area contributed by atoms with Crippen LogP contribution in [-0.2, 0) is 0 Å². The molecule has 150 valence electrons. The van der Waals surface area contributed by atoms with Crippen LogP contribution in [-0.4, -0.2) is 30.4 Å². The second kappa shape index (κ2) is 8.00. The molecular formula is C23H28F2N2O. The number of halogens is 2. The van der Waals surface area contributed by atoms with Crippen molar-refractivity contribution in [1.82, 2.24) is 10.2 Å². The molecule has 2 aromatic carbocycles. The number of benzene rings is 2. The summed E-state index contributed by atoms with van der Waals surface area (Å²) in [6.45, 7) is 3.80. The number of nitrogens with zero attached hydrogens (tertiary/aromatic N) is 1. The van der Waals surface area contributed by atoms with Crippen molar-refractivity contribution < 1.29 is 13.6 Å². The fourth-order valence-corrected chi connectivity index (χ4v) is 4.63. The topological polar surface area (TPSA) is 32.3 Å². The average Bonchev–Trinajstić information content (AvgIpc) is 3.09. The van der Waals surface area contributed by atoms with Crippen molar-refractivity contribution in [2.24, 2.45) is 0 Å². The molecule has 2 aromatic rings. The van der Waals surface area contributed by atoms with E-state index in [9.17, 15) is 13.6 Å². The second-order valence-electron chi connectivity index (χ2n) is 8.08. The largest absolute Gasteiger partial charge is 0.343 e. The molecule has 5 heteroatoms. The van der Waals surface area contributed by atoms with E-state index in [0.717, 1.165) is 42.9 Å². The van der Waals surface area contributed by atoms with Gasteiger partial charge in [-0.1, -0.05) is 31.0 Å². The predicted molar refractivity (Wildman–Crippen MR) is 107 cm³/mol. The first-order valence-corrected chi connectivity index (χ1v) is 9.75. The number of carbonyl (C=O) groups is 1. The van der Waals surface area contributed by atoms with E-state index in [4.69, 9.17) is 0 Å². The maximum atomic E-state index is 14.0. The van der Waals surface area contributed by atoms with Crippen LogP contribution in [0.4, 0.5) is 8.78 Å². The summed E-state index contributed by atoms with van der Waals surface area (Å²) < 4.78 is 28.0. The zero-order chi connectivity index (χ0) is 20.5. The van der Waals surface area contributed by atoms with Crippen LogP contribution in [0.15, 0.2) is 36.4 Å². The van der Waals surface area contributed by atoms with Crippen molar-refractivity contribution in [2.45, 2.75) is 51.1 Å². The third kappa shape index (κ3) is 3.81. The van der Waals surface area contributed by atoms with Crippen molar-refractivity contribution in [1.29, 1.82) is 0 Å². The molecular weight excluding hydrogens is 358 g/mol. The lowest BCUT2D eigenvalue weighted by Crippen LogP contribution is -2.53. The van der Waals surface area contributed by atoms with Crippen molar-refractivity contribution in [2.75, 3.05) is 14.1 Å². The number of rotatable bonds is 5. The standard InChI is InChI=1S/C23H28F2N2O/c1-15-8-7-9-16(2)20(15)22(28)26-21(17-12-18(24)14-19(25)13-17)23(27(3)4)10-5-6-11-23/h7-9,12-14,21H,5-6,10-11H2,1-4H3,(H,26,28). The molecule has 0 saturated heterocycles. The van der Waals surface area contributed by atoms with Crippen molar-refractivity contribution >= 4 is 5.91 Å². The Bertz CT molecular complexity index is 832. The Hall–Kier alpha value is -2.27. The van der Waals surface area contributed by atoms with Crippen molar-refractivity contribution in [3.05, 3.63) is 70.3 Å². The summed E-state index contributed by atoms with van der Waals surface area (Å²) >= 11 is 0. The van der Waals surface area contributed by atoms with E-state index in [-0.39, 0.29) is 11.4 Å². The van der Waals surface area contributed by atoms with Gasteiger partial charge >= 0.3 is 0 Å². The molecule has 0 spiro atoms. The molecule has 1 fully saturated rings. The average molecular weight is 386 g/mol. The normalized spacial score (nSPS) is 17.0. The van der Waals surface area contributed by atoms with Gasteiger partial charge in [-0.05, 0) is 69.6 Å². The molecule has 3 rings (SSSR count). The first kappa shape index (κ1) is 20.5. The Morgan fingerprint density at radius 3 is 2.07 bits per heavy atom. The molecule has 0 bridgehead atoms. The molecule has 1 amide bonds. The Balaban J connectivity index is 2.07. The maximum absolute atomic E-state index is 14.0.